The van der Waals surface area contributed by atoms with Crippen molar-refractivity contribution in [2.24, 2.45) is 11.8 Å². The number of benzene rings is 1. The van der Waals surface area contributed by atoms with Crippen LogP contribution in [0.3, 0.4) is 0 Å². The Balaban J connectivity index is 1.14. The second-order valence-corrected chi connectivity index (χ2v) is 27.9. The van der Waals surface area contributed by atoms with E-state index in [1.807, 2.05) is 22.7 Å². The monoisotopic (exact) mass is 1130 g/mol. The van der Waals surface area contributed by atoms with Crippen LogP contribution in [-0.2, 0) is 9.59 Å². The Bertz CT molecular complexity index is 2830. The van der Waals surface area contributed by atoms with Crippen molar-refractivity contribution in [1.29, 1.82) is 0 Å². The van der Waals surface area contributed by atoms with Gasteiger partial charge in [0, 0.05) is 72.3 Å². The number of unbranched alkanes of at least 4 members (excludes halogenated alkanes) is 16. The van der Waals surface area contributed by atoms with Crippen LogP contribution < -0.4 is 20.2 Å². The van der Waals surface area contributed by atoms with Crippen LogP contribution in [0.25, 0.3) is 50.2 Å². The van der Waals surface area contributed by atoms with Gasteiger partial charge in [0.25, 0.3) is 11.8 Å². The van der Waals surface area contributed by atoms with Crippen LogP contribution in [0.4, 0.5) is 11.4 Å². The molecule has 9 rings (SSSR count). The summed E-state index contributed by atoms with van der Waals surface area (Å²) in [6.07, 6.45) is 29.7. The van der Waals surface area contributed by atoms with Gasteiger partial charge in [0.05, 0.1) is 22.5 Å². The van der Waals surface area contributed by atoms with E-state index in [9.17, 15) is 0 Å². The maximum absolute atomic E-state index is 15.7. The molecule has 2 atom stereocenters. The van der Waals surface area contributed by atoms with Crippen molar-refractivity contribution >= 4 is 102 Å². The Morgan fingerprint density at radius 1 is 0.355 bits per heavy atom. The third-order valence-electron chi connectivity index (χ3n) is 15.8. The fourth-order valence-corrected chi connectivity index (χ4v) is 17.5. The van der Waals surface area contributed by atoms with Crippen LogP contribution in [0.2, 0.25) is 0 Å². The SMILES string of the molecule is CCCCCCCCC(CCCCCC)CN1C(=O)C(c2ccc(-c3ccc(-c4cccs4)s3)s2)=c2cc3c(cc21)=C(c1ccc(-c2ccc(-c4cccs4)s2)s1)C(=O)N3CC(CCCCCC)CCCCCCCC. The quantitative estimate of drug-likeness (QED) is 0.0377. The molecule has 0 spiro atoms. The second-order valence-electron chi connectivity index (χ2n) is 21.6. The lowest BCUT2D eigenvalue weighted by Gasteiger charge is -2.27. The number of carbonyl (C=O) groups is 2. The van der Waals surface area contributed by atoms with Gasteiger partial charge in [0.1, 0.15) is 0 Å². The lowest BCUT2D eigenvalue weighted by molar-refractivity contribution is -0.114. The lowest BCUT2D eigenvalue weighted by Crippen LogP contribution is -2.35. The van der Waals surface area contributed by atoms with Crippen molar-refractivity contribution in [2.75, 3.05) is 22.9 Å². The topological polar surface area (TPSA) is 40.6 Å². The van der Waals surface area contributed by atoms with E-state index in [2.05, 4.69) is 133 Å². The molecule has 8 heterocycles. The predicted octanol–water partition coefficient (Wildman–Crippen LogP) is 20.5. The number of nitrogens with zero attached hydrogens (tertiary/aromatic N) is 2. The third kappa shape index (κ3) is 14.1. The molecule has 2 amide bonds. The number of rotatable bonds is 34. The van der Waals surface area contributed by atoms with Crippen molar-refractivity contribution in [3.8, 4) is 39.0 Å². The molecule has 4 nitrogen and oxygen atoms in total. The number of carbonyl (C=O) groups excluding carboxylic acids is 2. The molecule has 76 heavy (non-hydrogen) atoms. The van der Waals surface area contributed by atoms with Crippen LogP contribution >= 0.6 is 68.0 Å². The van der Waals surface area contributed by atoms with Gasteiger partial charge in [0.2, 0.25) is 0 Å². The average molecular weight is 1130 g/mol. The van der Waals surface area contributed by atoms with Crippen molar-refractivity contribution in [2.45, 2.75) is 182 Å². The second kappa shape index (κ2) is 28.8. The summed E-state index contributed by atoms with van der Waals surface area (Å²) in [6, 6.07) is 31.1. The minimum atomic E-state index is 0.119. The van der Waals surface area contributed by atoms with E-state index >= 15 is 9.59 Å². The molecular weight excluding hydrogens is 1050 g/mol. The zero-order valence-corrected chi connectivity index (χ0v) is 50.8. The van der Waals surface area contributed by atoms with Gasteiger partial charge in [-0.1, -0.05) is 168 Å². The highest BCUT2D eigenvalue weighted by Gasteiger charge is 2.38. The molecule has 404 valence electrons. The normalized spacial score (nSPS) is 14.2. The summed E-state index contributed by atoms with van der Waals surface area (Å²) in [5, 5.41) is 6.28. The van der Waals surface area contributed by atoms with Crippen molar-refractivity contribution in [3.63, 3.8) is 0 Å². The zero-order valence-electron chi connectivity index (χ0n) is 45.9. The highest BCUT2D eigenvalue weighted by Crippen LogP contribution is 2.44. The van der Waals surface area contributed by atoms with Gasteiger partial charge < -0.3 is 9.80 Å². The summed E-state index contributed by atoms with van der Waals surface area (Å²) in [5.41, 5.74) is 3.57. The molecular formula is C66H82N2O2S6. The fourth-order valence-electron chi connectivity index (χ4n) is 11.6. The molecule has 6 aromatic heterocycles. The van der Waals surface area contributed by atoms with Crippen LogP contribution in [0, 0.1) is 11.8 Å². The molecule has 0 bridgehead atoms. The molecule has 1 aromatic carbocycles. The van der Waals surface area contributed by atoms with E-state index in [0.717, 1.165) is 68.4 Å². The summed E-state index contributed by atoms with van der Waals surface area (Å²) in [4.78, 5) is 47.7. The number of thiophene rings is 6. The molecule has 0 saturated carbocycles. The first kappa shape index (κ1) is 56.8. The minimum Gasteiger partial charge on any atom is -0.307 e. The predicted molar refractivity (Wildman–Crippen MR) is 338 cm³/mol. The molecule has 2 aliphatic rings. The van der Waals surface area contributed by atoms with Crippen molar-refractivity contribution in [1.82, 2.24) is 0 Å². The number of anilines is 2. The summed E-state index contributed by atoms with van der Waals surface area (Å²) in [7, 11) is 0. The van der Waals surface area contributed by atoms with Crippen LogP contribution in [0.1, 0.15) is 192 Å². The summed E-state index contributed by atoms with van der Waals surface area (Å²) in [6.45, 7) is 10.6. The largest absolute Gasteiger partial charge is 0.307 e. The van der Waals surface area contributed by atoms with Crippen LogP contribution in [0.15, 0.2) is 95.7 Å². The van der Waals surface area contributed by atoms with Crippen LogP contribution in [-0.4, -0.2) is 24.9 Å². The number of fused-ring (bicyclic) bond motifs is 2. The van der Waals surface area contributed by atoms with E-state index in [0.29, 0.717) is 24.9 Å². The molecule has 0 saturated heterocycles. The Morgan fingerprint density at radius 3 is 0.974 bits per heavy atom. The Morgan fingerprint density at radius 2 is 0.645 bits per heavy atom. The van der Waals surface area contributed by atoms with Gasteiger partial charge >= 0.3 is 0 Å². The lowest BCUT2D eigenvalue weighted by atomic mass is 9.93. The van der Waals surface area contributed by atoms with Crippen molar-refractivity contribution < 1.29 is 9.59 Å². The third-order valence-corrected chi connectivity index (χ3v) is 22.7. The molecule has 0 aliphatic carbocycles. The average Bonchev–Trinajstić information content (AvgIpc) is 4.32. The number of hydrogen-bond donors (Lipinski definition) is 0. The summed E-state index contributed by atoms with van der Waals surface area (Å²) < 4.78 is 0. The molecule has 2 unspecified atom stereocenters. The molecule has 0 fully saturated rings. The van der Waals surface area contributed by atoms with Gasteiger partial charge in [-0.25, -0.2) is 0 Å². The Hall–Kier alpha value is -3.90. The maximum Gasteiger partial charge on any atom is 0.260 e. The Labute approximate surface area is 479 Å². The van der Waals surface area contributed by atoms with Gasteiger partial charge in [0.15, 0.2) is 0 Å². The van der Waals surface area contributed by atoms with E-state index in [4.69, 9.17) is 0 Å². The first-order valence-electron chi connectivity index (χ1n) is 29.4. The first-order chi connectivity index (χ1) is 37.4. The van der Waals surface area contributed by atoms with Gasteiger partial charge in [-0.3, -0.25) is 9.59 Å². The van der Waals surface area contributed by atoms with Gasteiger partial charge in [-0.15, -0.1) is 68.0 Å². The Kier molecular flexibility index (Phi) is 21.5. The summed E-state index contributed by atoms with van der Waals surface area (Å²) >= 11 is 10.7. The maximum atomic E-state index is 15.7. The molecule has 7 aromatic rings. The van der Waals surface area contributed by atoms with Crippen molar-refractivity contribution in [3.05, 3.63) is 116 Å². The van der Waals surface area contributed by atoms with E-state index < -0.39 is 0 Å². The van der Waals surface area contributed by atoms with Crippen LogP contribution in [0.5, 0.6) is 0 Å². The summed E-state index contributed by atoms with van der Waals surface area (Å²) in [5.74, 6) is 1.06. The van der Waals surface area contributed by atoms with E-state index in [-0.39, 0.29) is 11.8 Å². The zero-order chi connectivity index (χ0) is 52.6. The highest BCUT2D eigenvalue weighted by molar-refractivity contribution is 7.27. The molecule has 2 aliphatic heterocycles. The van der Waals surface area contributed by atoms with E-state index in [1.54, 1.807) is 45.3 Å². The fraction of sp³-hybridized carbons (Fsp3) is 0.485. The molecule has 10 heteroatoms. The molecule has 0 N–H and O–H groups in total. The minimum absolute atomic E-state index is 0.119. The number of amides is 2. The smallest absolute Gasteiger partial charge is 0.260 e. The standard InChI is InChI=1S/C66H82N2O2S6/c1-5-9-13-17-19-23-29-47(27-21-15-11-7-3)45-67-51-43-50-52(44-49(51)63(65(67)69)61-39-37-59(75-61)57-35-33-55(73-57)53-31-25-41-71-53)68(46-48(28-22-16-12-8-4)30-24-20-18-14-10-6-2)66(70)64(50)62-40-38-60(76-62)58-36-34-56(74-58)54-32-26-42-72-54/h25-26,31-44,47-48H,5-24,27-30,45-46H2,1-4H3. The number of hydrogen-bond acceptors (Lipinski definition) is 8. The van der Waals surface area contributed by atoms with Gasteiger partial charge in [-0.05, 0) is 121 Å². The highest BCUT2D eigenvalue weighted by atomic mass is 32.1. The first-order valence-corrected chi connectivity index (χ1v) is 34.5. The van der Waals surface area contributed by atoms with Gasteiger partial charge in [-0.2, -0.15) is 0 Å². The molecule has 0 radical (unpaired) electrons. The van der Waals surface area contributed by atoms with E-state index in [1.165, 1.54) is 167 Å².